The van der Waals surface area contributed by atoms with E-state index in [9.17, 15) is 4.79 Å². The molecule has 0 aliphatic heterocycles. The third-order valence-corrected chi connectivity index (χ3v) is 2.67. The van der Waals surface area contributed by atoms with Gasteiger partial charge in [-0.15, -0.1) is 0 Å². The average molecular weight is 235 g/mol. The van der Waals surface area contributed by atoms with E-state index in [1.54, 1.807) is 13.2 Å². The number of pyridine rings is 1. The first-order valence-electron chi connectivity index (χ1n) is 5.75. The number of rotatable bonds is 4. The van der Waals surface area contributed by atoms with Gasteiger partial charge in [-0.1, -0.05) is 13.8 Å². The van der Waals surface area contributed by atoms with Crippen LogP contribution >= 0.6 is 0 Å². The molecular formula is C12H17N3O2. The summed E-state index contributed by atoms with van der Waals surface area (Å²) in [5.41, 5.74) is 1.19. The molecule has 0 unspecified atom stereocenters. The summed E-state index contributed by atoms with van der Waals surface area (Å²) in [6.45, 7) is 4.97. The maximum absolute atomic E-state index is 11.4. The molecule has 2 aromatic rings. The summed E-state index contributed by atoms with van der Waals surface area (Å²) in [5.74, 6) is 1.31. The van der Waals surface area contributed by atoms with Gasteiger partial charge in [-0.25, -0.2) is 9.78 Å². The highest BCUT2D eigenvalue weighted by atomic mass is 16.5. The van der Waals surface area contributed by atoms with Crippen molar-refractivity contribution in [1.82, 2.24) is 14.5 Å². The number of H-pyrrole nitrogens is 1. The third kappa shape index (κ3) is 2.49. The van der Waals surface area contributed by atoms with Crippen LogP contribution in [-0.2, 0) is 7.05 Å². The predicted molar refractivity (Wildman–Crippen MR) is 66.3 cm³/mol. The zero-order valence-electron chi connectivity index (χ0n) is 10.4. The van der Waals surface area contributed by atoms with Crippen LogP contribution in [0.25, 0.3) is 11.2 Å². The van der Waals surface area contributed by atoms with Crippen molar-refractivity contribution in [1.29, 1.82) is 0 Å². The molecule has 0 aromatic carbocycles. The summed E-state index contributed by atoms with van der Waals surface area (Å²) in [6, 6.07) is 1.81. The van der Waals surface area contributed by atoms with Crippen LogP contribution in [-0.4, -0.2) is 21.1 Å². The van der Waals surface area contributed by atoms with Gasteiger partial charge in [0.25, 0.3) is 0 Å². The second-order valence-electron chi connectivity index (χ2n) is 4.56. The van der Waals surface area contributed by atoms with E-state index in [0.29, 0.717) is 29.4 Å². The summed E-state index contributed by atoms with van der Waals surface area (Å²) < 4.78 is 7.06. The van der Waals surface area contributed by atoms with Crippen molar-refractivity contribution in [3.05, 3.63) is 22.7 Å². The Hall–Kier alpha value is -1.78. The molecule has 0 saturated heterocycles. The molecule has 5 heteroatoms. The summed E-state index contributed by atoms with van der Waals surface area (Å²) in [6.07, 6.45) is 2.65. The topological polar surface area (TPSA) is 59.9 Å². The monoisotopic (exact) mass is 235 g/mol. The number of nitrogens with zero attached hydrogens (tertiary/aromatic N) is 2. The third-order valence-electron chi connectivity index (χ3n) is 2.67. The fourth-order valence-electron chi connectivity index (χ4n) is 1.58. The van der Waals surface area contributed by atoms with Crippen molar-refractivity contribution >= 4 is 11.2 Å². The second kappa shape index (κ2) is 4.61. The highest BCUT2D eigenvalue weighted by Crippen LogP contribution is 2.15. The molecule has 1 N–H and O–H groups in total. The Labute approximate surface area is 99.4 Å². The van der Waals surface area contributed by atoms with Gasteiger partial charge in [0.1, 0.15) is 5.75 Å². The van der Waals surface area contributed by atoms with E-state index < -0.39 is 0 Å². The number of imidazole rings is 1. The van der Waals surface area contributed by atoms with E-state index >= 15 is 0 Å². The van der Waals surface area contributed by atoms with E-state index in [-0.39, 0.29) is 5.69 Å². The van der Waals surface area contributed by atoms with Gasteiger partial charge in [0.05, 0.1) is 18.3 Å². The first-order chi connectivity index (χ1) is 8.08. The molecule has 0 saturated carbocycles. The molecule has 0 aliphatic carbocycles. The largest absolute Gasteiger partial charge is 0.492 e. The van der Waals surface area contributed by atoms with Gasteiger partial charge in [-0.05, 0) is 12.3 Å². The highest BCUT2D eigenvalue weighted by molar-refractivity contribution is 5.71. The number of aromatic nitrogens is 3. The van der Waals surface area contributed by atoms with Crippen LogP contribution in [0.1, 0.15) is 20.3 Å². The number of aromatic amines is 1. The highest BCUT2D eigenvalue weighted by Gasteiger charge is 2.05. The van der Waals surface area contributed by atoms with Crippen LogP contribution in [0.2, 0.25) is 0 Å². The van der Waals surface area contributed by atoms with Crippen LogP contribution < -0.4 is 10.4 Å². The molecule has 0 aliphatic rings. The van der Waals surface area contributed by atoms with Crippen molar-refractivity contribution in [2.24, 2.45) is 13.0 Å². The molecule has 0 amide bonds. The zero-order valence-corrected chi connectivity index (χ0v) is 10.4. The molecule has 2 rings (SSSR count). The lowest BCUT2D eigenvalue weighted by Gasteiger charge is -2.07. The van der Waals surface area contributed by atoms with Crippen LogP contribution in [0.5, 0.6) is 5.75 Å². The van der Waals surface area contributed by atoms with Crippen molar-refractivity contribution in [3.8, 4) is 5.75 Å². The van der Waals surface area contributed by atoms with Gasteiger partial charge in [-0.2, -0.15) is 0 Å². The number of nitrogens with one attached hydrogen (secondary N) is 1. The Balaban J connectivity index is 2.18. The smallest absolute Gasteiger partial charge is 0.327 e. The van der Waals surface area contributed by atoms with E-state index in [4.69, 9.17) is 4.74 Å². The zero-order chi connectivity index (χ0) is 12.4. The van der Waals surface area contributed by atoms with Gasteiger partial charge in [-0.3, -0.25) is 4.57 Å². The Bertz CT molecular complexity index is 569. The quantitative estimate of drug-likeness (QED) is 0.877. The molecule has 0 atom stereocenters. The molecular weight excluding hydrogens is 218 g/mol. The van der Waals surface area contributed by atoms with Gasteiger partial charge >= 0.3 is 5.69 Å². The molecule has 17 heavy (non-hydrogen) atoms. The van der Waals surface area contributed by atoms with Crippen molar-refractivity contribution < 1.29 is 4.74 Å². The minimum Gasteiger partial charge on any atom is -0.492 e. The Morgan fingerprint density at radius 3 is 3.00 bits per heavy atom. The van der Waals surface area contributed by atoms with Crippen LogP contribution in [0, 0.1) is 5.92 Å². The molecule has 2 aromatic heterocycles. The molecule has 0 radical (unpaired) electrons. The van der Waals surface area contributed by atoms with Crippen LogP contribution in [0.4, 0.5) is 0 Å². The number of ether oxygens (including phenoxy) is 1. The first-order valence-corrected chi connectivity index (χ1v) is 5.75. The SMILES string of the molecule is CC(C)CCOc1cnc2c(c1)[nH]c(=O)n2C. The lowest BCUT2D eigenvalue weighted by Crippen LogP contribution is -2.12. The maximum atomic E-state index is 11.4. The van der Waals surface area contributed by atoms with Gasteiger partial charge in [0.2, 0.25) is 0 Å². The summed E-state index contributed by atoms with van der Waals surface area (Å²) in [4.78, 5) is 18.3. The minimum absolute atomic E-state index is 0.160. The van der Waals surface area contributed by atoms with E-state index in [2.05, 4.69) is 23.8 Å². The maximum Gasteiger partial charge on any atom is 0.327 e. The van der Waals surface area contributed by atoms with E-state index in [0.717, 1.165) is 6.42 Å². The van der Waals surface area contributed by atoms with E-state index in [1.807, 2.05) is 6.07 Å². The fraction of sp³-hybridized carbons (Fsp3) is 0.500. The van der Waals surface area contributed by atoms with E-state index in [1.165, 1.54) is 4.57 Å². The van der Waals surface area contributed by atoms with Crippen LogP contribution in [0.15, 0.2) is 17.1 Å². The average Bonchev–Trinajstić information content (AvgIpc) is 2.54. The lowest BCUT2D eigenvalue weighted by molar-refractivity contribution is 0.289. The Kier molecular flexibility index (Phi) is 3.17. The number of hydrogen-bond acceptors (Lipinski definition) is 3. The number of hydrogen-bond donors (Lipinski definition) is 1. The second-order valence-corrected chi connectivity index (χ2v) is 4.56. The molecule has 0 bridgehead atoms. The summed E-state index contributed by atoms with van der Waals surface area (Å²) in [7, 11) is 1.69. The van der Waals surface area contributed by atoms with Gasteiger partial charge in [0.15, 0.2) is 5.65 Å². The number of fused-ring (bicyclic) bond motifs is 1. The molecule has 92 valence electrons. The fourth-order valence-corrected chi connectivity index (χ4v) is 1.58. The predicted octanol–water partition coefficient (Wildman–Crippen LogP) is 1.69. The van der Waals surface area contributed by atoms with Crippen molar-refractivity contribution in [2.75, 3.05) is 6.61 Å². The van der Waals surface area contributed by atoms with Gasteiger partial charge in [0, 0.05) is 13.1 Å². The number of aryl methyl sites for hydroxylation is 1. The minimum atomic E-state index is -0.160. The summed E-state index contributed by atoms with van der Waals surface area (Å²) >= 11 is 0. The summed E-state index contributed by atoms with van der Waals surface area (Å²) in [5, 5.41) is 0. The van der Waals surface area contributed by atoms with Crippen molar-refractivity contribution in [2.45, 2.75) is 20.3 Å². The molecule has 2 heterocycles. The Morgan fingerprint density at radius 1 is 1.53 bits per heavy atom. The normalized spacial score (nSPS) is 11.3. The van der Waals surface area contributed by atoms with Gasteiger partial charge < -0.3 is 9.72 Å². The lowest BCUT2D eigenvalue weighted by atomic mass is 10.1. The van der Waals surface area contributed by atoms with Crippen LogP contribution in [0.3, 0.4) is 0 Å². The van der Waals surface area contributed by atoms with Crippen molar-refractivity contribution in [3.63, 3.8) is 0 Å². The Morgan fingerprint density at radius 2 is 2.29 bits per heavy atom. The standard InChI is InChI=1S/C12H17N3O2/c1-8(2)4-5-17-9-6-10-11(13-7-9)15(3)12(16)14-10/h6-8H,4-5H2,1-3H3,(H,14,16). The molecule has 0 spiro atoms. The first kappa shape index (κ1) is 11.7. The molecule has 5 nitrogen and oxygen atoms in total. The molecule has 0 fully saturated rings.